The van der Waals surface area contributed by atoms with Crippen molar-refractivity contribution in [3.63, 3.8) is 0 Å². The van der Waals surface area contributed by atoms with E-state index in [0.717, 1.165) is 24.0 Å². The molecule has 1 aliphatic heterocycles. The Bertz CT molecular complexity index is 723. The van der Waals surface area contributed by atoms with Crippen LogP contribution in [0.1, 0.15) is 31.2 Å². The summed E-state index contributed by atoms with van der Waals surface area (Å²) >= 11 is 0. The second-order valence-electron chi connectivity index (χ2n) is 6.35. The van der Waals surface area contributed by atoms with Crippen LogP contribution < -0.4 is 10.1 Å². The number of methoxy groups -OCH3 is 1. The van der Waals surface area contributed by atoms with E-state index in [4.69, 9.17) is 14.2 Å². The van der Waals surface area contributed by atoms with Gasteiger partial charge in [-0.3, -0.25) is 4.79 Å². The Hall–Kier alpha value is -2.11. The van der Waals surface area contributed by atoms with Gasteiger partial charge in [-0.05, 0) is 34.9 Å². The van der Waals surface area contributed by atoms with Gasteiger partial charge in [-0.25, -0.2) is 0 Å². The van der Waals surface area contributed by atoms with Crippen molar-refractivity contribution in [1.29, 1.82) is 0 Å². The van der Waals surface area contributed by atoms with Gasteiger partial charge in [-0.2, -0.15) is 0 Å². The van der Waals surface area contributed by atoms with Gasteiger partial charge in [0.05, 0.1) is 20.3 Å². The van der Waals surface area contributed by atoms with Crippen molar-refractivity contribution in [3.8, 4) is 5.75 Å². The van der Waals surface area contributed by atoms with Crippen molar-refractivity contribution in [2.75, 3.05) is 26.9 Å². The number of rotatable bonds is 6. The maximum atomic E-state index is 10.9. The summed E-state index contributed by atoms with van der Waals surface area (Å²) in [7, 11) is 1.68. The zero-order valence-electron chi connectivity index (χ0n) is 14.8. The first-order valence-electron chi connectivity index (χ1n) is 8.71. The Kier molecular flexibility index (Phi) is 5.89. The van der Waals surface area contributed by atoms with Gasteiger partial charge in [0.15, 0.2) is 6.29 Å². The van der Waals surface area contributed by atoms with Gasteiger partial charge in [-0.1, -0.05) is 24.3 Å². The van der Waals surface area contributed by atoms with Crippen LogP contribution in [0.5, 0.6) is 5.75 Å². The Morgan fingerprint density at radius 1 is 1.24 bits per heavy atom. The molecule has 1 fully saturated rings. The minimum atomic E-state index is -0.180. The van der Waals surface area contributed by atoms with Crippen LogP contribution in [0.4, 0.5) is 0 Å². The molecule has 0 aromatic heterocycles. The third-order valence-electron chi connectivity index (χ3n) is 4.52. The van der Waals surface area contributed by atoms with Gasteiger partial charge in [0.25, 0.3) is 0 Å². The molecule has 1 heterocycles. The summed E-state index contributed by atoms with van der Waals surface area (Å²) in [6.07, 6.45) is 1.46. The van der Waals surface area contributed by atoms with Crippen LogP contribution in [0.25, 0.3) is 10.8 Å². The molecule has 134 valence electrons. The number of amides is 1. The zero-order chi connectivity index (χ0) is 17.6. The van der Waals surface area contributed by atoms with Crippen LogP contribution in [0.2, 0.25) is 0 Å². The fourth-order valence-corrected chi connectivity index (χ4v) is 3.19. The average molecular weight is 343 g/mol. The van der Waals surface area contributed by atoms with Crippen molar-refractivity contribution in [2.24, 2.45) is 0 Å². The van der Waals surface area contributed by atoms with Crippen LogP contribution in [0.15, 0.2) is 36.4 Å². The number of carbonyl (C=O) groups excluding carboxylic acids is 1. The van der Waals surface area contributed by atoms with E-state index in [2.05, 4.69) is 29.6 Å². The molecule has 5 heteroatoms. The number of carbonyl (C=O) groups is 1. The van der Waals surface area contributed by atoms with E-state index in [1.54, 1.807) is 7.11 Å². The molecule has 0 spiro atoms. The molecule has 1 amide bonds. The summed E-state index contributed by atoms with van der Waals surface area (Å²) < 4.78 is 17.1. The van der Waals surface area contributed by atoms with E-state index in [1.165, 1.54) is 17.9 Å². The fraction of sp³-hybridized carbons (Fsp3) is 0.450. The first-order valence-corrected chi connectivity index (χ1v) is 8.71. The molecular formula is C20H25NO4. The SMILES string of the molecule is COc1ccc2c(cccc2[C@H]2CO[C@H](CCCNC(C)=O)OC2)c1. The molecule has 0 atom stereocenters. The molecule has 0 unspecified atom stereocenters. The van der Waals surface area contributed by atoms with Crippen LogP contribution >= 0.6 is 0 Å². The largest absolute Gasteiger partial charge is 0.497 e. The normalized spacial score (nSPS) is 20.4. The fourth-order valence-electron chi connectivity index (χ4n) is 3.19. The number of ether oxygens (including phenoxy) is 3. The first-order chi connectivity index (χ1) is 12.2. The lowest BCUT2D eigenvalue weighted by molar-refractivity contribution is -0.189. The predicted octanol–water partition coefficient (Wildman–Crippen LogP) is 3.22. The highest BCUT2D eigenvalue weighted by Crippen LogP contribution is 2.31. The van der Waals surface area contributed by atoms with Crippen molar-refractivity contribution in [2.45, 2.75) is 32.0 Å². The van der Waals surface area contributed by atoms with E-state index in [-0.39, 0.29) is 18.1 Å². The lowest BCUT2D eigenvalue weighted by Crippen LogP contribution is -2.32. The van der Waals surface area contributed by atoms with Crippen molar-refractivity contribution in [3.05, 3.63) is 42.0 Å². The molecule has 25 heavy (non-hydrogen) atoms. The second-order valence-corrected chi connectivity index (χ2v) is 6.35. The van der Waals surface area contributed by atoms with Crippen LogP contribution in [-0.4, -0.2) is 39.1 Å². The summed E-state index contributed by atoms with van der Waals surface area (Å²) in [6.45, 7) is 3.48. The molecule has 0 bridgehead atoms. The molecule has 1 aliphatic rings. The van der Waals surface area contributed by atoms with Gasteiger partial charge in [-0.15, -0.1) is 0 Å². The Balaban J connectivity index is 1.59. The lowest BCUT2D eigenvalue weighted by atomic mass is 9.94. The van der Waals surface area contributed by atoms with Gasteiger partial charge >= 0.3 is 0 Å². The number of hydrogen-bond acceptors (Lipinski definition) is 4. The molecule has 0 saturated carbocycles. The molecule has 0 radical (unpaired) electrons. The highest BCUT2D eigenvalue weighted by Gasteiger charge is 2.24. The van der Waals surface area contributed by atoms with E-state index < -0.39 is 0 Å². The number of nitrogens with one attached hydrogen (secondary N) is 1. The summed E-state index contributed by atoms with van der Waals surface area (Å²) in [5, 5.41) is 5.16. The molecular weight excluding hydrogens is 318 g/mol. The van der Waals surface area contributed by atoms with E-state index in [9.17, 15) is 4.79 Å². The standard InChI is InChI=1S/C20H25NO4/c1-14(22)21-10-4-7-20-24-12-16(13-25-20)18-6-3-5-15-11-17(23-2)8-9-19(15)18/h3,5-6,8-9,11,16,20H,4,7,10,12-13H2,1-2H3,(H,21,22)/t16-,20-. The lowest BCUT2D eigenvalue weighted by Gasteiger charge is -2.30. The summed E-state index contributed by atoms with van der Waals surface area (Å²) in [5.41, 5.74) is 1.25. The number of fused-ring (bicyclic) bond motifs is 1. The minimum absolute atomic E-state index is 0.00173. The molecule has 5 nitrogen and oxygen atoms in total. The zero-order valence-corrected chi connectivity index (χ0v) is 14.8. The molecule has 0 aliphatic carbocycles. The van der Waals surface area contributed by atoms with Crippen molar-refractivity contribution in [1.82, 2.24) is 5.32 Å². The van der Waals surface area contributed by atoms with Crippen LogP contribution in [0.3, 0.4) is 0 Å². The Labute approximate surface area is 148 Å². The topological polar surface area (TPSA) is 56.8 Å². The quantitative estimate of drug-likeness (QED) is 0.818. The molecule has 1 saturated heterocycles. The highest BCUT2D eigenvalue weighted by molar-refractivity contribution is 5.87. The minimum Gasteiger partial charge on any atom is -0.497 e. The van der Waals surface area contributed by atoms with Crippen molar-refractivity contribution < 1.29 is 19.0 Å². The van der Waals surface area contributed by atoms with Gasteiger partial charge in [0, 0.05) is 25.8 Å². The van der Waals surface area contributed by atoms with E-state index >= 15 is 0 Å². The predicted molar refractivity (Wildman–Crippen MR) is 96.9 cm³/mol. The highest BCUT2D eigenvalue weighted by atomic mass is 16.7. The van der Waals surface area contributed by atoms with Gasteiger partial charge in [0.1, 0.15) is 5.75 Å². The van der Waals surface area contributed by atoms with E-state index in [1.807, 2.05) is 12.1 Å². The van der Waals surface area contributed by atoms with Gasteiger partial charge in [0.2, 0.25) is 5.91 Å². The van der Waals surface area contributed by atoms with Crippen LogP contribution in [-0.2, 0) is 14.3 Å². The third-order valence-corrected chi connectivity index (χ3v) is 4.52. The first kappa shape index (κ1) is 17.7. The average Bonchev–Trinajstić information content (AvgIpc) is 2.64. The summed E-state index contributed by atoms with van der Waals surface area (Å²) in [5.74, 6) is 1.09. The monoisotopic (exact) mass is 343 g/mol. The maximum Gasteiger partial charge on any atom is 0.216 e. The molecule has 2 aromatic carbocycles. The molecule has 2 aromatic rings. The smallest absolute Gasteiger partial charge is 0.216 e. The van der Waals surface area contributed by atoms with Crippen LogP contribution in [0, 0.1) is 0 Å². The molecule has 1 N–H and O–H groups in total. The van der Waals surface area contributed by atoms with Crippen molar-refractivity contribution >= 4 is 16.7 Å². The summed E-state index contributed by atoms with van der Waals surface area (Å²) in [4.78, 5) is 10.9. The molecule has 3 rings (SSSR count). The number of hydrogen-bond donors (Lipinski definition) is 1. The Morgan fingerprint density at radius 3 is 2.76 bits per heavy atom. The third kappa shape index (κ3) is 4.50. The number of benzene rings is 2. The van der Waals surface area contributed by atoms with E-state index in [0.29, 0.717) is 19.8 Å². The maximum absolute atomic E-state index is 10.9. The second kappa shape index (κ2) is 8.32. The van der Waals surface area contributed by atoms with Gasteiger partial charge < -0.3 is 19.5 Å². The summed E-state index contributed by atoms with van der Waals surface area (Å²) in [6, 6.07) is 12.4. The Morgan fingerprint density at radius 2 is 2.04 bits per heavy atom.